The first kappa shape index (κ1) is 12.3. The van der Waals surface area contributed by atoms with Crippen LogP contribution in [0.25, 0.3) is 0 Å². The summed E-state index contributed by atoms with van der Waals surface area (Å²) in [5, 5.41) is 5.33. The molecule has 2 aromatic rings. The molecule has 1 N–H and O–H groups in total. The van der Waals surface area contributed by atoms with Crippen LogP contribution in [0.15, 0.2) is 23.7 Å². The summed E-state index contributed by atoms with van der Waals surface area (Å²) in [7, 11) is 0. The lowest BCUT2D eigenvalue weighted by atomic mass is 10.2. The number of halogens is 2. The molecule has 0 atom stereocenters. The van der Waals surface area contributed by atoms with Gasteiger partial charge in [-0.25, -0.2) is 9.37 Å². The predicted molar refractivity (Wildman–Crippen MR) is 70.2 cm³/mol. The van der Waals surface area contributed by atoms with Gasteiger partial charge in [0.2, 0.25) is 0 Å². The fourth-order valence-electron chi connectivity index (χ4n) is 1.55. The maximum absolute atomic E-state index is 13.5. The van der Waals surface area contributed by atoms with Gasteiger partial charge in [-0.1, -0.05) is 18.5 Å². The third-order valence-electron chi connectivity index (χ3n) is 2.44. The zero-order chi connectivity index (χ0) is 12.3. The van der Waals surface area contributed by atoms with Gasteiger partial charge in [-0.15, -0.1) is 11.3 Å². The van der Waals surface area contributed by atoms with Crippen LogP contribution in [0.2, 0.25) is 5.02 Å². The molecule has 2 rings (SSSR count). The normalized spacial score (nSPS) is 10.5. The molecule has 0 aliphatic carbocycles. The summed E-state index contributed by atoms with van der Waals surface area (Å²) in [6, 6.07) is 3.35. The molecule has 0 bridgehead atoms. The van der Waals surface area contributed by atoms with E-state index in [4.69, 9.17) is 11.6 Å². The highest BCUT2D eigenvalue weighted by Crippen LogP contribution is 2.20. The van der Waals surface area contributed by atoms with Crippen LogP contribution < -0.4 is 5.32 Å². The van der Waals surface area contributed by atoms with Crippen molar-refractivity contribution in [1.82, 2.24) is 4.98 Å². The van der Waals surface area contributed by atoms with E-state index >= 15 is 0 Å². The number of aryl methyl sites for hydroxylation is 1. The number of nitrogens with one attached hydrogen (secondary N) is 1. The van der Waals surface area contributed by atoms with E-state index in [1.807, 2.05) is 5.38 Å². The smallest absolute Gasteiger partial charge is 0.166 e. The van der Waals surface area contributed by atoms with Crippen molar-refractivity contribution in [3.63, 3.8) is 0 Å². The van der Waals surface area contributed by atoms with Crippen LogP contribution in [0.1, 0.15) is 17.4 Å². The number of hydrogen-bond donors (Lipinski definition) is 1. The number of hydrogen-bond acceptors (Lipinski definition) is 3. The summed E-state index contributed by atoms with van der Waals surface area (Å²) >= 11 is 7.30. The van der Waals surface area contributed by atoms with Gasteiger partial charge in [-0.2, -0.15) is 0 Å². The van der Waals surface area contributed by atoms with Gasteiger partial charge in [0.1, 0.15) is 0 Å². The number of rotatable bonds is 4. The lowest BCUT2D eigenvalue weighted by Gasteiger charge is -2.06. The van der Waals surface area contributed by atoms with E-state index in [9.17, 15) is 4.39 Å². The highest BCUT2D eigenvalue weighted by Gasteiger charge is 2.06. The van der Waals surface area contributed by atoms with Crippen LogP contribution in [-0.4, -0.2) is 4.98 Å². The topological polar surface area (TPSA) is 24.9 Å². The van der Waals surface area contributed by atoms with Crippen molar-refractivity contribution in [2.24, 2.45) is 0 Å². The Balaban J connectivity index is 2.07. The maximum atomic E-state index is 13.5. The molecule has 0 saturated heterocycles. The molecule has 2 aromatic heterocycles. The average Bonchev–Trinajstić information content (AvgIpc) is 2.75. The maximum Gasteiger partial charge on any atom is 0.166 e. The lowest BCUT2D eigenvalue weighted by molar-refractivity contribution is 0.624. The largest absolute Gasteiger partial charge is 0.363 e. The van der Waals surface area contributed by atoms with Crippen molar-refractivity contribution >= 4 is 28.8 Å². The Kier molecular flexibility index (Phi) is 3.97. The van der Waals surface area contributed by atoms with Crippen molar-refractivity contribution in [1.29, 1.82) is 0 Å². The molecule has 0 saturated carbocycles. The van der Waals surface area contributed by atoms with Crippen molar-refractivity contribution in [3.05, 3.63) is 45.0 Å². The zero-order valence-corrected chi connectivity index (χ0v) is 10.9. The summed E-state index contributed by atoms with van der Waals surface area (Å²) < 4.78 is 13.5. The van der Waals surface area contributed by atoms with Gasteiger partial charge in [0, 0.05) is 11.1 Å². The molecule has 0 amide bonds. The summed E-state index contributed by atoms with van der Waals surface area (Å²) in [4.78, 5) is 5.13. The van der Waals surface area contributed by atoms with Crippen LogP contribution in [-0.2, 0) is 13.0 Å². The van der Waals surface area contributed by atoms with Gasteiger partial charge >= 0.3 is 0 Å². The van der Waals surface area contributed by atoms with E-state index in [2.05, 4.69) is 23.3 Å². The van der Waals surface area contributed by atoms with Gasteiger partial charge in [0.05, 0.1) is 11.6 Å². The molecule has 0 aliphatic heterocycles. The van der Waals surface area contributed by atoms with E-state index in [0.29, 0.717) is 11.6 Å². The van der Waals surface area contributed by atoms with Crippen molar-refractivity contribution in [2.45, 2.75) is 19.9 Å². The van der Waals surface area contributed by atoms with Crippen LogP contribution in [0, 0.1) is 5.82 Å². The Bertz CT molecular complexity index is 513. The summed E-state index contributed by atoms with van der Waals surface area (Å²) in [6.07, 6.45) is 2.42. The van der Waals surface area contributed by atoms with Gasteiger partial charge in [0.25, 0.3) is 0 Å². The summed E-state index contributed by atoms with van der Waals surface area (Å²) in [5.74, 6) is -0.183. The summed E-state index contributed by atoms with van der Waals surface area (Å²) in [6.45, 7) is 2.69. The minimum atomic E-state index is -0.424. The van der Waals surface area contributed by atoms with Crippen molar-refractivity contribution in [2.75, 3.05) is 5.32 Å². The second kappa shape index (κ2) is 5.47. The van der Waals surface area contributed by atoms with Crippen molar-refractivity contribution < 1.29 is 4.39 Å². The molecule has 5 heteroatoms. The van der Waals surface area contributed by atoms with Gasteiger partial charge in [-0.3, -0.25) is 0 Å². The molecular weight excluding hydrogens is 259 g/mol. The van der Waals surface area contributed by atoms with Crippen LogP contribution in [0.3, 0.4) is 0 Å². The third-order valence-corrected chi connectivity index (χ3v) is 3.61. The molecule has 2 heterocycles. The molecule has 17 heavy (non-hydrogen) atoms. The lowest BCUT2D eigenvalue weighted by Crippen LogP contribution is -2.03. The zero-order valence-electron chi connectivity index (χ0n) is 9.34. The molecule has 2 nitrogen and oxygen atoms in total. The average molecular weight is 271 g/mol. The Morgan fingerprint density at radius 1 is 1.53 bits per heavy atom. The fraction of sp³-hybridized carbons (Fsp3) is 0.250. The molecule has 0 aliphatic rings. The Morgan fingerprint density at radius 2 is 2.35 bits per heavy atom. The first-order chi connectivity index (χ1) is 8.20. The molecule has 0 radical (unpaired) electrons. The first-order valence-corrected chi connectivity index (χ1v) is 6.56. The van der Waals surface area contributed by atoms with Crippen LogP contribution in [0.4, 0.5) is 10.2 Å². The van der Waals surface area contributed by atoms with E-state index in [-0.39, 0.29) is 5.82 Å². The first-order valence-electron chi connectivity index (χ1n) is 5.31. The molecular formula is C12H12ClFN2S. The van der Waals surface area contributed by atoms with E-state index in [1.54, 1.807) is 11.3 Å². The minimum Gasteiger partial charge on any atom is -0.363 e. The fourth-order valence-corrected chi connectivity index (χ4v) is 2.61. The molecule has 0 spiro atoms. The molecule has 0 unspecified atom stereocenters. The number of aromatic nitrogens is 1. The van der Waals surface area contributed by atoms with Crippen molar-refractivity contribution in [3.8, 4) is 0 Å². The van der Waals surface area contributed by atoms with Crippen LogP contribution in [0.5, 0.6) is 0 Å². The minimum absolute atomic E-state index is 0.241. The Labute approximate surface area is 108 Å². The monoisotopic (exact) mass is 270 g/mol. The number of thiophene rings is 1. The quantitative estimate of drug-likeness (QED) is 0.904. The highest BCUT2D eigenvalue weighted by atomic mass is 35.5. The second-order valence-electron chi connectivity index (χ2n) is 3.56. The number of anilines is 1. The molecule has 90 valence electrons. The predicted octanol–water partition coefficient (Wildman–Crippen LogP) is 4.11. The number of nitrogens with zero attached hydrogens (tertiary/aromatic N) is 1. The van der Waals surface area contributed by atoms with E-state index < -0.39 is 5.82 Å². The highest BCUT2D eigenvalue weighted by molar-refractivity contribution is 7.10. The van der Waals surface area contributed by atoms with Crippen LogP contribution >= 0.6 is 22.9 Å². The SMILES string of the molecule is CCc1ccsc1CNc1ncc(Cl)cc1F. The molecule has 0 fully saturated rings. The Hall–Kier alpha value is -1.13. The Morgan fingerprint density at radius 3 is 3.06 bits per heavy atom. The summed E-state index contributed by atoms with van der Waals surface area (Å²) in [5.41, 5.74) is 1.29. The standard InChI is InChI=1S/C12H12ClFN2S/c1-2-8-3-4-17-11(8)7-16-12-10(14)5-9(13)6-15-12/h3-6H,2,7H2,1H3,(H,15,16). The van der Waals surface area contributed by atoms with Gasteiger partial charge in [-0.05, 0) is 29.5 Å². The third kappa shape index (κ3) is 2.96. The molecule has 0 aromatic carbocycles. The van der Waals surface area contributed by atoms with E-state index in [0.717, 1.165) is 6.42 Å². The van der Waals surface area contributed by atoms with Gasteiger partial charge in [0.15, 0.2) is 11.6 Å². The van der Waals surface area contributed by atoms with E-state index in [1.165, 1.54) is 22.7 Å². The second-order valence-corrected chi connectivity index (χ2v) is 5.00. The number of pyridine rings is 1. The van der Waals surface area contributed by atoms with Gasteiger partial charge < -0.3 is 5.32 Å².